The summed E-state index contributed by atoms with van der Waals surface area (Å²) in [5, 5.41) is 7.26. The van der Waals surface area contributed by atoms with Gasteiger partial charge >= 0.3 is 12.1 Å². The van der Waals surface area contributed by atoms with Crippen molar-refractivity contribution in [3.8, 4) is 11.3 Å². The Morgan fingerprint density at radius 2 is 1.94 bits per heavy atom. The monoisotopic (exact) mass is 541 g/mol. The fourth-order valence-electron chi connectivity index (χ4n) is 2.75. The molecule has 0 unspecified atom stereocenters. The molecule has 0 aliphatic carbocycles. The maximum Gasteiger partial charge on any atom is 0.416 e. The standard InChI is InChI=1S/C20H12BrClF3N5OS/c1-10-17(28-27-15-8-12(20(23,24)25)4-7-14(15)22)18(31)30(29-10)19-26-16(9-32-19)11-2-5-13(21)6-3-11/h2-9,27,29H,1H2. The van der Waals surface area contributed by atoms with E-state index >= 15 is 0 Å². The Labute approximate surface area is 197 Å². The zero-order valence-corrected chi connectivity index (χ0v) is 19.0. The third kappa shape index (κ3) is 4.50. The molecule has 1 amide bonds. The topological polar surface area (TPSA) is 69.6 Å². The minimum absolute atomic E-state index is 0.0160. The first-order chi connectivity index (χ1) is 15.1. The van der Waals surface area contributed by atoms with Gasteiger partial charge in [-0.3, -0.25) is 15.6 Å². The number of nitrogens with zero attached hydrogens (tertiary/aromatic N) is 3. The molecular weight excluding hydrogens is 531 g/mol. The molecule has 1 aliphatic heterocycles. The van der Waals surface area contributed by atoms with E-state index in [1.54, 1.807) is 5.38 Å². The van der Waals surface area contributed by atoms with Gasteiger partial charge in [0.1, 0.15) is 0 Å². The molecular formula is C20H12BrClF3N5OS. The average molecular weight is 543 g/mol. The maximum atomic E-state index is 12.9. The van der Waals surface area contributed by atoms with Gasteiger partial charge in [-0.15, -0.1) is 11.3 Å². The molecule has 0 radical (unpaired) electrons. The molecule has 0 atom stereocenters. The second kappa shape index (κ2) is 8.57. The molecule has 2 heterocycles. The van der Waals surface area contributed by atoms with Gasteiger partial charge in [-0.25, -0.2) is 4.98 Å². The van der Waals surface area contributed by atoms with Crippen LogP contribution in [0.15, 0.2) is 69.7 Å². The number of thiazole rings is 1. The number of hydrazone groups is 1. The van der Waals surface area contributed by atoms with Crippen molar-refractivity contribution in [1.29, 1.82) is 0 Å². The number of hydrazine groups is 1. The third-order valence-corrected chi connectivity index (χ3v) is 6.03. The number of benzene rings is 2. The van der Waals surface area contributed by atoms with E-state index in [4.69, 9.17) is 11.6 Å². The Hall–Kier alpha value is -2.89. The number of anilines is 2. The van der Waals surface area contributed by atoms with Crippen LogP contribution in [0.5, 0.6) is 0 Å². The lowest BCUT2D eigenvalue weighted by Gasteiger charge is -2.11. The van der Waals surface area contributed by atoms with Crippen molar-refractivity contribution in [1.82, 2.24) is 10.4 Å². The highest BCUT2D eigenvalue weighted by Crippen LogP contribution is 2.34. The number of hydrogen-bond acceptors (Lipinski definition) is 6. The summed E-state index contributed by atoms with van der Waals surface area (Å²) in [5.41, 5.74) is 5.80. The van der Waals surface area contributed by atoms with Gasteiger partial charge in [0, 0.05) is 15.4 Å². The van der Waals surface area contributed by atoms with Gasteiger partial charge in [-0.1, -0.05) is 46.2 Å². The quantitative estimate of drug-likeness (QED) is 0.392. The largest absolute Gasteiger partial charge is 0.416 e. The van der Waals surface area contributed by atoms with Crippen LogP contribution < -0.4 is 15.9 Å². The van der Waals surface area contributed by atoms with E-state index in [0.717, 1.165) is 28.2 Å². The molecule has 2 N–H and O–H groups in total. The Kier molecular flexibility index (Phi) is 5.97. The van der Waals surface area contributed by atoms with E-state index in [0.29, 0.717) is 10.8 Å². The molecule has 12 heteroatoms. The van der Waals surface area contributed by atoms with Crippen LogP contribution >= 0.6 is 38.9 Å². The summed E-state index contributed by atoms with van der Waals surface area (Å²) in [7, 11) is 0. The van der Waals surface area contributed by atoms with Crippen molar-refractivity contribution >= 4 is 61.3 Å². The van der Waals surface area contributed by atoms with Gasteiger partial charge in [0.15, 0.2) is 5.71 Å². The number of hydrogen-bond donors (Lipinski definition) is 2. The Balaban J connectivity index is 1.55. The molecule has 0 saturated carbocycles. The number of alkyl halides is 3. The number of halogens is 5. The van der Waals surface area contributed by atoms with Crippen LogP contribution in [0.4, 0.5) is 24.0 Å². The van der Waals surface area contributed by atoms with Crippen molar-refractivity contribution in [2.24, 2.45) is 5.10 Å². The smallest absolute Gasteiger partial charge is 0.287 e. The van der Waals surface area contributed by atoms with Crippen molar-refractivity contribution < 1.29 is 18.0 Å². The third-order valence-electron chi connectivity index (χ3n) is 4.34. The Morgan fingerprint density at radius 3 is 2.62 bits per heavy atom. The van der Waals surface area contributed by atoms with E-state index in [9.17, 15) is 18.0 Å². The fourth-order valence-corrected chi connectivity index (χ4v) is 3.96. The summed E-state index contributed by atoms with van der Waals surface area (Å²) < 4.78 is 39.8. The number of aromatic nitrogens is 1. The minimum Gasteiger partial charge on any atom is -0.287 e. The van der Waals surface area contributed by atoms with E-state index in [1.165, 1.54) is 16.3 Å². The second-order valence-corrected chi connectivity index (χ2v) is 8.68. The maximum absolute atomic E-state index is 12.9. The molecule has 1 aliphatic rings. The van der Waals surface area contributed by atoms with E-state index in [1.807, 2.05) is 24.3 Å². The van der Waals surface area contributed by atoms with Crippen molar-refractivity contribution in [3.05, 3.63) is 75.2 Å². The molecule has 164 valence electrons. The van der Waals surface area contributed by atoms with Gasteiger partial charge < -0.3 is 0 Å². The second-order valence-electron chi connectivity index (χ2n) is 6.52. The summed E-state index contributed by atoms with van der Waals surface area (Å²) in [6.45, 7) is 3.74. The molecule has 4 rings (SSSR count). The molecule has 2 aromatic carbocycles. The molecule has 3 aromatic rings. The first-order valence-corrected chi connectivity index (χ1v) is 10.9. The summed E-state index contributed by atoms with van der Waals surface area (Å²) >= 11 is 10.6. The highest BCUT2D eigenvalue weighted by Gasteiger charge is 2.35. The zero-order chi connectivity index (χ0) is 23.0. The number of carbonyl (C=O) groups excluding carboxylic acids is 1. The molecule has 0 bridgehead atoms. The lowest BCUT2D eigenvalue weighted by Crippen LogP contribution is -2.34. The molecule has 1 aromatic heterocycles. The highest BCUT2D eigenvalue weighted by atomic mass is 79.9. The number of rotatable bonds is 4. The number of nitrogens with one attached hydrogen (secondary N) is 2. The van der Waals surface area contributed by atoms with Gasteiger partial charge in [0.25, 0.3) is 0 Å². The summed E-state index contributed by atoms with van der Waals surface area (Å²) in [6, 6.07) is 10.3. The lowest BCUT2D eigenvalue weighted by atomic mass is 10.2. The predicted octanol–water partition coefficient (Wildman–Crippen LogP) is 6.08. The fraction of sp³-hybridized carbons (Fsp3) is 0.0500. The molecule has 32 heavy (non-hydrogen) atoms. The first kappa shape index (κ1) is 22.3. The molecule has 0 spiro atoms. The van der Waals surface area contributed by atoms with E-state index in [2.05, 4.69) is 43.4 Å². The van der Waals surface area contributed by atoms with Gasteiger partial charge in [-0.2, -0.15) is 23.3 Å². The van der Waals surface area contributed by atoms with Crippen LogP contribution in [0.3, 0.4) is 0 Å². The van der Waals surface area contributed by atoms with Crippen molar-refractivity contribution in [2.75, 3.05) is 10.4 Å². The van der Waals surface area contributed by atoms with Gasteiger partial charge in [0.05, 0.1) is 27.7 Å². The van der Waals surface area contributed by atoms with Gasteiger partial charge in [-0.05, 0) is 30.3 Å². The molecule has 1 saturated heterocycles. The van der Waals surface area contributed by atoms with Crippen molar-refractivity contribution in [3.63, 3.8) is 0 Å². The highest BCUT2D eigenvalue weighted by molar-refractivity contribution is 9.10. The van der Waals surface area contributed by atoms with Crippen LogP contribution in [-0.2, 0) is 11.0 Å². The van der Waals surface area contributed by atoms with Crippen LogP contribution in [0.2, 0.25) is 5.02 Å². The summed E-state index contributed by atoms with van der Waals surface area (Å²) in [6.07, 6.45) is -4.54. The first-order valence-electron chi connectivity index (χ1n) is 8.86. The van der Waals surface area contributed by atoms with Crippen LogP contribution in [0, 0.1) is 0 Å². The average Bonchev–Trinajstić information content (AvgIpc) is 3.32. The lowest BCUT2D eigenvalue weighted by molar-refractivity contribution is -0.137. The van der Waals surface area contributed by atoms with Crippen LogP contribution in [0.25, 0.3) is 11.3 Å². The van der Waals surface area contributed by atoms with E-state index < -0.39 is 17.6 Å². The summed E-state index contributed by atoms with van der Waals surface area (Å²) in [5.74, 6) is -0.567. The zero-order valence-electron chi connectivity index (χ0n) is 15.9. The molecule has 1 fully saturated rings. The number of carbonyl (C=O) groups is 1. The van der Waals surface area contributed by atoms with Crippen LogP contribution in [-0.4, -0.2) is 16.6 Å². The van der Waals surface area contributed by atoms with Crippen LogP contribution in [0.1, 0.15) is 5.56 Å². The molecule has 6 nitrogen and oxygen atoms in total. The predicted molar refractivity (Wildman–Crippen MR) is 123 cm³/mol. The Morgan fingerprint density at radius 1 is 1.22 bits per heavy atom. The SMILES string of the molecule is C=C1NN(c2nc(-c3ccc(Br)cc3)cs2)C(=O)C1=NNc1cc(C(F)(F)F)ccc1Cl. The van der Waals surface area contributed by atoms with Crippen molar-refractivity contribution in [2.45, 2.75) is 6.18 Å². The Bertz CT molecular complexity index is 1240. The minimum atomic E-state index is -4.54. The summed E-state index contributed by atoms with van der Waals surface area (Å²) in [4.78, 5) is 17.3. The van der Waals surface area contributed by atoms with Gasteiger partial charge in [0.2, 0.25) is 5.13 Å². The normalized spacial score (nSPS) is 15.4. The van der Waals surface area contributed by atoms with E-state index in [-0.39, 0.29) is 22.1 Å². The number of amides is 1.